The van der Waals surface area contributed by atoms with Crippen LogP contribution >= 0.6 is 0 Å². The molecule has 1 saturated carbocycles. The Morgan fingerprint density at radius 1 is 0.841 bits per heavy atom. The van der Waals surface area contributed by atoms with E-state index in [1.165, 1.54) is 24.2 Å². The third kappa shape index (κ3) is 5.20. The number of aliphatic hydroxyl groups excluding tert-OH is 1. The molecular weight excluding hydrogens is 552 g/mol. The zero-order valence-corrected chi connectivity index (χ0v) is 26.0. The highest BCUT2D eigenvalue weighted by molar-refractivity contribution is 6.34. The standard InChI is InChI=1S/C37H42N2O5/c1-23-31(19-38-22-37(4)18-28(38)17-36(2,3)21-37)43-35(44-32(23)25-11-9-24(20-40)10-12-25)26-13-15-27(16-14-26)39-33(41)29-7-5-6-8-30(29)34(39)42/h5-16,23,28,31-32,35,40H,17-22H2,1-4H3/t23-,28?,31+,32+,35+,37?/m1/s1. The number of rotatable bonds is 6. The van der Waals surface area contributed by atoms with E-state index in [1.807, 2.05) is 36.4 Å². The maximum atomic E-state index is 13.1. The number of carbonyl (C=O) groups excluding carboxylic acids is 2. The van der Waals surface area contributed by atoms with Crippen molar-refractivity contribution in [1.82, 2.24) is 4.90 Å². The Kier molecular flexibility index (Phi) is 7.28. The van der Waals surface area contributed by atoms with Crippen LogP contribution in [0.1, 0.15) is 96.8 Å². The number of imide groups is 1. The largest absolute Gasteiger partial charge is 0.392 e. The van der Waals surface area contributed by atoms with Crippen LogP contribution in [-0.2, 0) is 16.1 Å². The summed E-state index contributed by atoms with van der Waals surface area (Å²) in [6, 6.07) is 22.9. The third-order valence-electron chi connectivity index (χ3n) is 10.3. The molecular formula is C37H42N2O5. The van der Waals surface area contributed by atoms with Crippen LogP contribution in [-0.4, -0.2) is 47.1 Å². The average molecular weight is 595 g/mol. The monoisotopic (exact) mass is 594 g/mol. The molecule has 2 amide bonds. The van der Waals surface area contributed by atoms with Gasteiger partial charge in [-0.25, -0.2) is 4.90 Å². The van der Waals surface area contributed by atoms with Gasteiger partial charge in [0.25, 0.3) is 11.8 Å². The summed E-state index contributed by atoms with van der Waals surface area (Å²) >= 11 is 0. The molecule has 2 saturated heterocycles. The molecule has 2 bridgehead atoms. The van der Waals surface area contributed by atoms with Gasteiger partial charge in [-0.05, 0) is 65.5 Å². The van der Waals surface area contributed by atoms with E-state index in [-0.39, 0.29) is 36.5 Å². The summed E-state index contributed by atoms with van der Waals surface area (Å²) in [5, 5.41) is 9.60. The fraction of sp³-hybridized carbons (Fsp3) is 0.459. The van der Waals surface area contributed by atoms with Gasteiger partial charge in [-0.15, -0.1) is 0 Å². The van der Waals surface area contributed by atoms with Gasteiger partial charge in [0.1, 0.15) is 0 Å². The van der Waals surface area contributed by atoms with E-state index in [2.05, 4.69) is 32.6 Å². The maximum absolute atomic E-state index is 13.1. The van der Waals surface area contributed by atoms with Gasteiger partial charge < -0.3 is 14.6 Å². The molecule has 230 valence electrons. The minimum atomic E-state index is -0.607. The highest BCUT2D eigenvalue weighted by Gasteiger charge is 2.51. The molecule has 6 atom stereocenters. The van der Waals surface area contributed by atoms with Crippen molar-refractivity contribution in [3.63, 3.8) is 0 Å². The minimum Gasteiger partial charge on any atom is -0.392 e. The summed E-state index contributed by atoms with van der Waals surface area (Å²) in [6.45, 7) is 11.4. The zero-order chi connectivity index (χ0) is 30.8. The van der Waals surface area contributed by atoms with Crippen molar-refractivity contribution < 1.29 is 24.2 Å². The van der Waals surface area contributed by atoms with Crippen molar-refractivity contribution in [3.05, 3.63) is 101 Å². The number of hydrogen-bond acceptors (Lipinski definition) is 6. The second kappa shape index (κ2) is 10.9. The van der Waals surface area contributed by atoms with Crippen LogP contribution in [0.25, 0.3) is 0 Å². The highest BCUT2D eigenvalue weighted by atomic mass is 16.7. The average Bonchev–Trinajstić information content (AvgIpc) is 3.40. The minimum absolute atomic E-state index is 0.000631. The number of anilines is 1. The lowest BCUT2D eigenvalue weighted by atomic mass is 9.65. The molecule has 3 heterocycles. The van der Waals surface area contributed by atoms with E-state index in [0.717, 1.165) is 29.8 Å². The van der Waals surface area contributed by atoms with Crippen LogP contribution in [0.2, 0.25) is 0 Å². The number of ether oxygens (including phenoxy) is 2. The molecule has 0 aromatic heterocycles. The van der Waals surface area contributed by atoms with Gasteiger partial charge in [-0.2, -0.15) is 0 Å². The number of likely N-dealkylation sites (tertiary alicyclic amines) is 1. The first-order valence-corrected chi connectivity index (χ1v) is 15.9. The zero-order valence-electron chi connectivity index (χ0n) is 26.0. The van der Waals surface area contributed by atoms with E-state index < -0.39 is 6.29 Å². The SMILES string of the molecule is C[C@@H]1[C@H](CN2CC3(C)CC2CC(C)(C)C3)O[C@H](c2ccc(N3C(=O)c4ccccc4C3=O)cc2)O[C@@H]1c1ccc(CO)cc1. The van der Waals surface area contributed by atoms with E-state index in [0.29, 0.717) is 33.7 Å². The Morgan fingerprint density at radius 3 is 2.11 bits per heavy atom. The first-order valence-electron chi connectivity index (χ1n) is 15.9. The summed E-state index contributed by atoms with van der Waals surface area (Å²) in [5.74, 6) is -0.516. The van der Waals surface area contributed by atoms with Gasteiger partial charge in [0.05, 0.1) is 35.6 Å². The Hall–Kier alpha value is -3.36. The molecule has 7 heteroatoms. The lowest BCUT2D eigenvalue weighted by Crippen LogP contribution is -2.46. The van der Waals surface area contributed by atoms with E-state index in [1.54, 1.807) is 36.4 Å². The lowest BCUT2D eigenvalue weighted by molar-refractivity contribution is -0.276. The van der Waals surface area contributed by atoms with Crippen LogP contribution in [0.4, 0.5) is 5.69 Å². The van der Waals surface area contributed by atoms with E-state index in [9.17, 15) is 14.7 Å². The summed E-state index contributed by atoms with van der Waals surface area (Å²) in [4.78, 5) is 30.0. The molecule has 7 nitrogen and oxygen atoms in total. The number of benzene rings is 3. The summed E-state index contributed by atoms with van der Waals surface area (Å²) in [7, 11) is 0. The molecule has 7 rings (SSSR count). The van der Waals surface area contributed by atoms with Gasteiger partial charge >= 0.3 is 0 Å². The van der Waals surface area contributed by atoms with Crippen molar-refractivity contribution in [2.24, 2.45) is 16.7 Å². The number of carbonyl (C=O) groups is 2. The fourth-order valence-corrected chi connectivity index (χ4v) is 8.55. The summed E-state index contributed by atoms with van der Waals surface area (Å²) < 4.78 is 13.5. The molecule has 44 heavy (non-hydrogen) atoms. The van der Waals surface area contributed by atoms with Gasteiger partial charge in [0.15, 0.2) is 6.29 Å². The lowest BCUT2D eigenvalue weighted by Gasteiger charge is -2.43. The third-order valence-corrected chi connectivity index (χ3v) is 10.3. The Labute approximate surface area is 259 Å². The second-order valence-electron chi connectivity index (χ2n) is 14.5. The Bertz CT molecular complexity index is 1530. The topological polar surface area (TPSA) is 79.3 Å². The summed E-state index contributed by atoms with van der Waals surface area (Å²) in [5.41, 5.74) is 4.82. The van der Waals surface area contributed by atoms with E-state index in [4.69, 9.17) is 9.47 Å². The molecule has 3 aromatic rings. The second-order valence-corrected chi connectivity index (χ2v) is 14.5. The van der Waals surface area contributed by atoms with Gasteiger partial charge in [0, 0.05) is 30.6 Å². The molecule has 3 aromatic carbocycles. The first-order chi connectivity index (χ1) is 21.0. The normalized spacial score (nSPS) is 31.4. The van der Waals surface area contributed by atoms with Crippen LogP contribution in [0, 0.1) is 16.7 Å². The predicted molar refractivity (Wildman–Crippen MR) is 168 cm³/mol. The predicted octanol–water partition coefficient (Wildman–Crippen LogP) is 6.67. The first kappa shape index (κ1) is 29.4. The smallest absolute Gasteiger partial charge is 0.266 e. The van der Waals surface area contributed by atoms with Gasteiger partial charge in [-0.3, -0.25) is 14.5 Å². The molecule has 0 spiro atoms. The Balaban J connectivity index is 1.15. The van der Waals surface area contributed by atoms with Crippen molar-refractivity contribution in [3.8, 4) is 0 Å². The maximum Gasteiger partial charge on any atom is 0.266 e. The number of hydrogen-bond donors (Lipinski definition) is 1. The highest BCUT2D eigenvalue weighted by Crippen LogP contribution is 2.53. The van der Waals surface area contributed by atoms with Crippen molar-refractivity contribution in [2.75, 3.05) is 18.0 Å². The number of aliphatic hydroxyl groups is 1. The summed E-state index contributed by atoms with van der Waals surface area (Å²) in [6.07, 6.45) is 2.83. The van der Waals surface area contributed by atoms with Crippen LogP contribution in [0.5, 0.6) is 0 Å². The fourth-order valence-electron chi connectivity index (χ4n) is 8.55. The molecule has 0 radical (unpaired) electrons. The number of amides is 2. The number of fused-ring (bicyclic) bond motifs is 3. The van der Waals surface area contributed by atoms with E-state index >= 15 is 0 Å². The quantitative estimate of drug-likeness (QED) is 0.321. The van der Waals surface area contributed by atoms with Crippen LogP contribution in [0.3, 0.4) is 0 Å². The van der Waals surface area contributed by atoms with Gasteiger partial charge in [0.2, 0.25) is 0 Å². The van der Waals surface area contributed by atoms with Gasteiger partial charge in [-0.1, -0.05) is 76.2 Å². The molecule has 3 aliphatic heterocycles. The van der Waals surface area contributed by atoms with Crippen LogP contribution in [0.15, 0.2) is 72.8 Å². The van der Waals surface area contributed by atoms with Crippen molar-refractivity contribution >= 4 is 17.5 Å². The van der Waals surface area contributed by atoms with Crippen molar-refractivity contribution in [1.29, 1.82) is 0 Å². The molecule has 2 unspecified atom stereocenters. The molecule has 1 N–H and O–H groups in total. The molecule has 3 fully saturated rings. The Morgan fingerprint density at radius 2 is 1.48 bits per heavy atom. The van der Waals surface area contributed by atoms with Crippen LogP contribution < -0.4 is 4.90 Å². The van der Waals surface area contributed by atoms with Crippen molar-refractivity contribution in [2.45, 2.75) is 78.1 Å². The molecule has 4 aliphatic rings. The number of nitrogens with zero attached hydrogens (tertiary/aromatic N) is 2. The molecule has 1 aliphatic carbocycles.